The maximum absolute atomic E-state index is 11.8. The molecule has 11 nitrogen and oxygen atoms in total. The number of nitrogens with zero attached hydrogens (tertiary/aromatic N) is 3. The van der Waals surface area contributed by atoms with Crippen molar-refractivity contribution in [1.82, 2.24) is 15.0 Å². The Morgan fingerprint density at radius 2 is 1.64 bits per heavy atom. The molecule has 0 bridgehead atoms. The Balaban J connectivity index is 1.50. The van der Waals surface area contributed by atoms with E-state index >= 15 is 0 Å². The molecule has 1 aromatic heterocycles. The van der Waals surface area contributed by atoms with Crippen LogP contribution in [0.1, 0.15) is 32.7 Å². The van der Waals surface area contributed by atoms with Crippen molar-refractivity contribution in [3.05, 3.63) is 52.8 Å². The number of aromatic nitrogens is 3. The number of fused-ring (bicyclic) bond motifs is 1. The molecule has 1 saturated heterocycles. The lowest BCUT2D eigenvalue weighted by Gasteiger charge is -2.40. The van der Waals surface area contributed by atoms with Gasteiger partial charge in [0.15, 0.2) is 24.5 Å². The molecule has 1 fully saturated rings. The molecule has 4 unspecified atom stereocenters. The minimum atomic E-state index is -1.14. The van der Waals surface area contributed by atoms with Crippen molar-refractivity contribution in [2.45, 2.75) is 51.9 Å². The summed E-state index contributed by atoms with van der Waals surface area (Å²) in [6, 6.07) is 11.7. The average molecular weight is 562 g/mol. The molecule has 0 saturated carbocycles. The molecule has 0 radical (unpaired) electrons. The fourth-order valence-electron chi connectivity index (χ4n) is 3.90. The van der Waals surface area contributed by atoms with Crippen molar-refractivity contribution < 1.29 is 38.1 Å². The van der Waals surface area contributed by atoms with Gasteiger partial charge in [0.25, 0.3) is 0 Å². The summed E-state index contributed by atoms with van der Waals surface area (Å²) in [5, 5.41) is 10.3. The molecule has 4 rings (SSSR count). The zero-order chi connectivity index (χ0) is 25.8. The van der Waals surface area contributed by atoms with E-state index in [4.69, 9.17) is 23.7 Å². The van der Waals surface area contributed by atoms with E-state index in [0.29, 0.717) is 11.4 Å². The van der Waals surface area contributed by atoms with Crippen LogP contribution in [0.4, 0.5) is 0 Å². The van der Waals surface area contributed by atoms with Gasteiger partial charge in [0.05, 0.1) is 12.8 Å². The lowest BCUT2D eigenvalue weighted by atomic mass is 10.0. The Bertz CT molecular complexity index is 1280. The van der Waals surface area contributed by atoms with Crippen LogP contribution < -0.4 is 4.74 Å². The number of hydrogen-bond acceptors (Lipinski definition) is 10. The van der Waals surface area contributed by atoms with E-state index in [1.807, 2.05) is 36.4 Å². The molecule has 190 valence electrons. The number of benzene rings is 2. The highest BCUT2D eigenvalue weighted by Gasteiger charge is 2.48. The van der Waals surface area contributed by atoms with Gasteiger partial charge in [-0.2, -0.15) is 0 Å². The van der Waals surface area contributed by atoms with Gasteiger partial charge < -0.3 is 23.7 Å². The Labute approximate surface area is 214 Å². The summed E-state index contributed by atoms with van der Waals surface area (Å²) in [6.45, 7) is 3.64. The molecule has 4 atom stereocenters. The molecule has 2 aromatic carbocycles. The van der Waals surface area contributed by atoms with E-state index in [1.165, 1.54) is 25.5 Å². The van der Waals surface area contributed by atoms with Crippen LogP contribution in [0.2, 0.25) is 0 Å². The third kappa shape index (κ3) is 6.18. The quantitative estimate of drug-likeness (QED) is 0.313. The minimum absolute atomic E-state index is 0.112. The van der Waals surface area contributed by atoms with Gasteiger partial charge in [0, 0.05) is 25.2 Å². The average Bonchev–Trinajstić information content (AvgIpc) is 3.27. The molecule has 1 aliphatic rings. The van der Waals surface area contributed by atoms with Crippen LogP contribution in [-0.4, -0.2) is 57.8 Å². The van der Waals surface area contributed by atoms with Crippen LogP contribution in [0.25, 0.3) is 10.8 Å². The number of rotatable bonds is 7. The topological polar surface area (TPSA) is 128 Å². The Morgan fingerprint density at radius 3 is 2.36 bits per heavy atom. The van der Waals surface area contributed by atoms with Crippen LogP contribution in [-0.2, 0) is 39.9 Å². The largest absolute Gasteiger partial charge is 0.487 e. The van der Waals surface area contributed by atoms with Crippen LogP contribution in [0.5, 0.6) is 5.75 Å². The molecular weight excluding hydrogens is 538 g/mol. The highest BCUT2D eigenvalue weighted by atomic mass is 79.9. The Hall–Kier alpha value is -3.51. The van der Waals surface area contributed by atoms with Crippen molar-refractivity contribution >= 4 is 44.6 Å². The van der Waals surface area contributed by atoms with Gasteiger partial charge >= 0.3 is 17.9 Å². The fourth-order valence-corrected chi connectivity index (χ4v) is 4.27. The number of halogens is 1. The summed E-state index contributed by atoms with van der Waals surface area (Å²) in [5.74, 6) is -1.21. The van der Waals surface area contributed by atoms with Crippen molar-refractivity contribution in [2.75, 3.05) is 6.61 Å². The van der Waals surface area contributed by atoms with Crippen molar-refractivity contribution in [3.8, 4) is 5.75 Å². The number of hydrogen-bond donors (Lipinski definition) is 0. The Kier molecular flexibility index (Phi) is 7.85. The van der Waals surface area contributed by atoms with Gasteiger partial charge in [0.2, 0.25) is 0 Å². The molecule has 0 spiro atoms. The normalized spacial score (nSPS) is 21.6. The zero-order valence-electron chi connectivity index (χ0n) is 19.8. The van der Waals surface area contributed by atoms with Gasteiger partial charge in [-0.05, 0) is 35.0 Å². The van der Waals surface area contributed by atoms with E-state index in [1.54, 1.807) is 6.20 Å². The second kappa shape index (κ2) is 11.0. The third-order valence-electron chi connectivity index (χ3n) is 5.30. The number of esters is 3. The molecule has 12 heteroatoms. The van der Waals surface area contributed by atoms with Crippen LogP contribution in [0, 0.1) is 0 Å². The van der Waals surface area contributed by atoms with Crippen LogP contribution in [0.15, 0.2) is 47.1 Å². The molecular formula is C24H24BrN3O8. The van der Waals surface area contributed by atoms with Crippen molar-refractivity contribution in [3.63, 3.8) is 0 Å². The molecule has 0 N–H and O–H groups in total. The highest BCUT2D eigenvalue weighted by Crippen LogP contribution is 2.30. The molecule has 1 aliphatic heterocycles. The van der Waals surface area contributed by atoms with Gasteiger partial charge in [-0.25, -0.2) is 4.68 Å². The maximum atomic E-state index is 11.8. The fraction of sp³-hybridized carbons (Fsp3) is 0.375. The predicted molar refractivity (Wildman–Crippen MR) is 128 cm³/mol. The predicted octanol–water partition coefficient (Wildman–Crippen LogP) is 3.10. The van der Waals surface area contributed by atoms with Gasteiger partial charge in [-0.3, -0.25) is 14.4 Å². The second-order valence-electron chi connectivity index (χ2n) is 8.15. The minimum Gasteiger partial charge on any atom is -0.487 e. The van der Waals surface area contributed by atoms with E-state index in [0.717, 1.165) is 15.2 Å². The first-order valence-electron chi connectivity index (χ1n) is 11.1. The molecule has 36 heavy (non-hydrogen) atoms. The summed E-state index contributed by atoms with van der Waals surface area (Å²) in [4.78, 5) is 35.1. The Morgan fingerprint density at radius 1 is 0.972 bits per heavy atom. The number of carbonyl (C=O) groups is 3. The zero-order valence-corrected chi connectivity index (χ0v) is 21.3. The number of ether oxygens (including phenoxy) is 5. The van der Waals surface area contributed by atoms with Gasteiger partial charge in [-0.1, -0.05) is 33.3 Å². The van der Waals surface area contributed by atoms with E-state index in [2.05, 4.69) is 26.2 Å². The first-order valence-corrected chi connectivity index (χ1v) is 11.8. The summed E-state index contributed by atoms with van der Waals surface area (Å²) in [7, 11) is 0. The third-order valence-corrected chi connectivity index (χ3v) is 5.80. The molecule has 2 heterocycles. The van der Waals surface area contributed by atoms with E-state index in [9.17, 15) is 14.4 Å². The number of carbonyl (C=O) groups excluding carboxylic acids is 3. The van der Waals surface area contributed by atoms with E-state index < -0.39 is 42.4 Å². The van der Waals surface area contributed by atoms with Gasteiger partial charge in [-0.15, -0.1) is 5.10 Å². The molecule has 0 amide bonds. The highest BCUT2D eigenvalue weighted by molar-refractivity contribution is 9.10. The van der Waals surface area contributed by atoms with Crippen molar-refractivity contribution in [1.29, 1.82) is 0 Å². The smallest absolute Gasteiger partial charge is 0.303 e. The SMILES string of the molecule is CC(=O)OC1COC(n2cc(COc3ccc4cc(Br)ccc4c3)nn2)C(OC(C)=O)C1OC(C)=O. The summed E-state index contributed by atoms with van der Waals surface area (Å²) in [6.07, 6.45) is -2.61. The molecule has 0 aliphatic carbocycles. The first kappa shape index (κ1) is 25.6. The second-order valence-corrected chi connectivity index (χ2v) is 9.07. The first-order chi connectivity index (χ1) is 17.2. The maximum Gasteiger partial charge on any atom is 0.303 e. The lowest BCUT2D eigenvalue weighted by molar-refractivity contribution is -0.241. The lowest BCUT2D eigenvalue weighted by Crippen LogP contribution is -2.55. The summed E-state index contributed by atoms with van der Waals surface area (Å²) < 4.78 is 30.0. The van der Waals surface area contributed by atoms with Crippen molar-refractivity contribution in [2.24, 2.45) is 0 Å². The standard InChI is InChI=1S/C24H24BrN3O8/c1-13(29)34-21-12-33-24(23(36-15(3)31)22(21)35-14(2)30)28-10-19(26-27-28)11-32-20-7-5-16-8-18(25)6-4-17(16)9-20/h4-10,21-24H,11-12H2,1-3H3. The summed E-state index contributed by atoms with van der Waals surface area (Å²) >= 11 is 3.46. The monoisotopic (exact) mass is 561 g/mol. The van der Waals surface area contributed by atoms with Gasteiger partial charge in [0.1, 0.15) is 18.1 Å². The van der Waals surface area contributed by atoms with E-state index in [-0.39, 0.29) is 13.2 Å². The summed E-state index contributed by atoms with van der Waals surface area (Å²) in [5.41, 5.74) is 0.488. The van der Waals surface area contributed by atoms with Crippen LogP contribution in [0.3, 0.4) is 0 Å². The molecule has 3 aromatic rings. The van der Waals surface area contributed by atoms with Crippen LogP contribution >= 0.6 is 15.9 Å².